The van der Waals surface area contributed by atoms with Crippen molar-refractivity contribution in [3.63, 3.8) is 0 Å². The number of alkyl halides is 6. The molecule has 0 N–H and O–H groups in total. The second-order valence-electron chi connectivity index (χ2n) is 7.36. The van der Waals surface area contributed by atoms with Crippen molar-refractivity contribution in [1.29, 1.82) is 0 Å². The summed E-state index contributed by atoms with van der Waals surface area (Å²) in [4.78, 5) is 18.0. The Morgan fingerprint density at radius 2 is 1.64 bits per heavy atom. The first-order valence-electron chi connectivity index (χ1n) is 9.53. The summed E-state index contributed by atoms with van der Waals surface area (Å²) in [6.45, 7) is 0.00791. The quantitative estimate of drug-likeness (QED) is 0.500. The lowest BCUT2D eigenvalue weighted by Gasteiger charge is -2.37. The SMILES string of the molecule is COc1ccccc1-c1noc(C2CN(C(=O)c3cc(C(F)(F)F)cc(C(F)(F)F)c3)C2)n1. The van der Waals surface area contributed by atoms with Crippen LogP contribution in [0.15, 0.2) is 47.0 Å². The second kappa shape index (κ2) is 8.09. The van der Waals surface area contributed by atoms with Gasteiger partial charge in [-0.05, 0) is 30.3 Å². The first kappa shape index (κ1) is 22.6. The highest BCUT2D eigenvalue weighted by molar-refractivity contribution is 5.95. The van der Waals surface area contributed by atoms with Crippen LogP contribution in [0.25, 0.3) is 11.4 Å². The third-order valence-corrected chi connectivity index (χ3v) is 5.14. The number of carbonyl (C=O) groups excluding carboxylic acids is 1. The summed E-state index contributed by atoms with van der Waals surface area (Å²) in [6, 6.07) is 7.75. The minimum Gasteiger partial charge on any atom is -0.496 e. The number of para-hydroxylation sites is 1. The Bertz CT molecular complexity index is 1150. The van der Waals surface area contributed by atoms with Crippen LogP contribution in [0.1, 0.15) is 33.3 Å². The minimum atomic E-state index is -5.04. The standard InChI is InChI=1S/C21H15F6N3O3/c1-32-16-5-3-2-4-15(16)17-28-18(33-29-17)12-9-30(10-12)19(31)11-6-13(20(22,23)24)8-14(7-11)21(25,26)27/h2-8,12H,9-10H2,1H3. The van der Waals surface area contributed by atoms with Gasteiger partial charge in [0.2, 0.25) is 11.7 Å². The molecule has 33 heavy (non-hydrogen) atoms. The molecule has 1 fully saturated rings. The van der Waals surface area contributed by atoms with E-state index < -0.39 is 40.9 Å². The fourth-order valence-corrected chi connectivity index (χ4v) is 3.40. The zero-order valence-electron chi connectivity index (χ0n) is 16.9. The molecular weight excluding hydrogens is 456 g/mol. The van der Waals surface area contributed by atoms with Gasteiger partial charge in [-0.2, -0.15) is 31.3 Å². The highest BCUT2D eigenvalue weighted by atomic mass is 19.4. The van der Waals surface area contributed by atoms with Crippen LogP contribution in [-0.2, 0) is 12.4 Å². The number of rotatable bonds is 4. The van der Waals surface area contributed by atoms with Crippen molar-refractivity contribution in [3.05, 3.63) is 65.0 Å². The molecule has 0 atom stereocenters. The van der Waals surface area contributed by atoms with Crippen molar-refractivity contribution in [3.8, 4) is 17.1 Å². The molecule has 3 aromatic rings. The van der Waals surface area contributed by atoms with Gasteiger partial charge in [-0.3, -0.25) is 4.79 Å². The second-order valence-corrected chi connectivity index (χ2v) is 7.36. The number of carbonyl (C=O) groups is 1. The van der Waals surface area contributed by atoms with Crippen LogP contribution in [-0.4, -0.2) is 41.1 Å². The molecule has 1 aromatic heterocycles. The van der Waals surface area contributed by atoms with Crippen LogP contribution in [0, 0.1) is 0 Å². The van der Waals surface area contributed by atoms with Crippen molar-refractivity contribution in [1.82, 2.24) is 15.0 Å². The van der Waals surface area contributed by atoms with Crippen LogP contribution in [0.3, 0.4) is 0 Å². The molecule has 6 nitrogen and oxygen atoms in total. The molecule has 1 saturated heterocycles. The third kappa shape index (κ3) is 4.50. The molecule has 0 bridgehead atoms. The summed E-state index contributed by atoms with van der Waals surface area (Å²) >= 11 is 0. The van der Waals surface area contributed by atoms with Crippen molar-refractivity contribution in [2.45, 2.75) is 18.3 Å². The first-order chi connectivity index (χ1) is 15.5. The van der Waals surface area contributed by atoms with Gasteiger partial charge in [0.05, 0.1) is 29.7 Å². The predicted octanol–water partition coefficient (Wildman–Crippen LogP) is 5.02. The molecule has 0 aliphatic carbocycles. The van der Waals surface area contributed by atoms with Crippen molar-refractivity contribution < 1.29 is 40.4 Å². The molecule has 2 heterocycles. The number of benzene rings is 2. The molecule has 2 aromatic carbocycles. The van der Waals surface area contributed by atoms with E-state index in [4.69, 9.17) is 9.26 Å². The third-order valence-electron chi connectivity index (χ3n) is 5.14. The van der Waals surface area contributed by atoms with E-state index in [2.05, 4.69) is 10.1 Å². The molecular formula is C21H15F6N3O3. The molecule has 174 valence electrons. The number of methoxy groups -OCH3 is 1. The monoisotopic (exact) mass is 471 g/mol. The van der Waals surface area contributed by atoms with Gasteiger partial charge in [-0.25, -0.2) is 0 Å². The van der Waals surface area contributed by atoms with E-state index >= 15 is 0 Å². The van der Waals surface area contributed by atoms with Gasteiger partial charge in [0, 0.05) is 18.7 Å². The number of ether oxygens (including phenoxy) is 1. The van der Waals surface area contributed by atoms with Crippen LogP contribution in [0.2, 0.25) is 0 Å². The zero-order valence-corrected chi connectivity index (χ0v) is 16.9. The Labute approximate surface area is 182 Å². The molecule has 1 aliphatic heterocycles. The van der Waals surface area contributed by atoms with E-state index in [0.717, 1.165) is 4.90 Å². The molecule has 0 unspecified atom stereocenters. The zero-order chi connectivity index (χ0) is 24.0. The topological polar surface area (TPSA) is 68.5 Å². The first-order valence-corrected chi connectivity index (χ1v) is 9.53. The lowest BCUT2D eigenvalue weighted by molar-refractivity contribution is -0.143. The van der Waals surface area contributed by atoms with E-state index in [1.165, 1.54) is 7.11 Å². The smallest absolute Gasteiger partial charge is 0.416 e. The molecule has 0 radical (unpaired) electrons. The van der Waals surface area contributed by atoms with Gasteiger partial charge in [-0.1, -0.05) is 17.3 Å². The van der Waals surface area contributed by atoms with Gasteiger partial charge < -0.3 is 14.2 Å². The molecule has 12 heteroatoms. The normalized spacial score (nSPS) is 14.8. The summed E-state index contributed by atoms with van der Waals surface area (Å²) < 4.78 is 88.8. The molecule has 4 rings (SSSR count). The van der Waals surface area contributed by atoms with Crippen LogP contribution >= 0.6 is 0 Å². The number of hydrogen-bond acceptors (Lipinski definition) is 5. The highest BCUT2D eigenvalue weighted by Gasteiger charge is 2.40. The van der Waals surface area contributed by atoms with Gasteiger partial charge in [0.15, 0.2) is 0 Å². The van der Waals surface area contributed by atoms with Crippen LogP contribution in [0.5, 0.6) is 5.75 Å². The molecule has 0 saturated carbocycles. The van der Waals surface area contributed by atoms with E-state index in [1.54, 1.807) is 24.3 Å². The Balaban J connectivity index is 1.51. The Morgan fingerprint density at radius 3 is 2.21 bits per heavy atom. The maximum Gasteiger partial charge on any atom is 0.416 e. The van der Waals surface area contributed by atoms with E-state index in [9.17, 15) is 31.1 Å². The van der Waals surface area contributed by atoms with Crippen LogP contribution in [0.4, 0.5) is 26.3 Å². The lowest BCUT2D eigenvalue weighted by Crippen LogP contribution is -2.48. The van der Waals surface area contributed by atoms with E-state index in [0.29, 0.717) is 23.4 Å². The van der Waals surface area contributed by atoms with E-state index in [-0.39, 0.29) is 30.9 Å². The van der Waals surface area contributed by atoms with Crippen molar-refractivity contribution in [2.24, 2.45) is 0 Å². The van der Waals surface area contributed by atoms with Gasteiger partial charge in [0.25, 0.3) is 5.91 Å². The number of aromatic nitrogens is 2. The van der Waals surface area contributed by atoms with Gasteiger partial charge in [-0.15, -0.1) is 0 Å². The van der Waals surface area contributed by atoms with E-state index in [1.807, 2.05) is 0 Å². The number of hydrogen-bond donors (Lipinski definition) is 0. The summed E-state index contributed by atoms with van der Waals surface area (Å²) in [6.07, 6.45) is -10.1. The summed E-state index contributed by atoms with van der Waals surface area (Å²) in [5.74, 6) is -0.398. The highest BCUT2D eigenvalue weighted by Crippen LogP contribution is 2.37. The maximum absolute atomic E-state index is 13.0. The Kier molecular flexibility index (Phi) is 5.54. The molecule has 0 spiro atoms. The number of halogens is 6. The Morgan fingerprint density at radius 1 is 1.03 bits per heavy atom. The Hall–Kier alpha value is -3.57. The molecule has 1 amide bonds. The van der Waals surface area contributed by atoms with Gasteiger partial charge >= 0.3 is 12.4 Å². The van der Waals surface area contributed by atoms with Crippen molar-refractivity contribution >= 4 is 5.91 Å². The average Bonchev–Trinajstić information content (AvgIpc) is 3.20. The van der Waals surface area contributed by atoms with Crippen LogP contribution < -0.4 is 4.74 Å². The summed E-state index contributed by atoms with van der Waals surface area (Å²) in [5.41, 5.74) is -3.21. The van der Waals surface area contributed by atoms with Gasteiger partial charge in [0.1, 0.15) is 5.75 Å². The number of likely N-dealkylation sites (tertiary alicyclic amines) is 1. The summed E-state index contributed by atoms with van der Waals surface area (Å²) in [7, 11) is 1.48. The fourth-order valence-electron chi connectivity index (χ4n) is 3.40. The van der Waals surface area contributed by atoms with Crippen molar-refractivity contribution in [2.75, 3.05) is 20.2 Å². The lowest BCUT2D eigenvalue weighted by atomic mass is 9.97. The average molecular weight is 471 g/mol. The molecule has 1 aliphatic rings. The maximum atomic E-state index is 13.0. The summed E-state index contributed by atoms with van der Waals surface area (Å²) in [5, 5.41) is 3.88. The fraction of sp³-hybridized carbons (Fsp3) is 0.286. The number of nitrogens with zero attached hydrogens (tertiary/aromatic N) is 3. The number of amides is 1. The predicted molar refractivity (Wildman–Crippen MR) is 101 cm³/mol. The minimum absolute atomic E-state index is 0.00396. The largest absolute Gasteiger partial charge is 0.496 e.